The van der Waals surface area contributed by atoms with Crippen LogP contribution < -0.4 is 10.3 Å². The molecule has 1 aromatic rings. The van der Waals surface area contributed by atoms with Gasteiger partial charge in [-0.25, -0.2) is 5.43 Å². The third-order valence-corrected chi connectivity index (χ3v) is 3.84. The van der Waals surface area contributed by atoms with E-state index < -0.39 is 11.7 Å². The van der Waals surface area contributed by atoms with Crippen molar-refractivity contribution in [3.63, 3.8) is 0 Å². The predicted octanol–water partition coefficient (Wildman–Crippen LogP) is 1.61. The number of rotatable bonds is 4. The number of nitrogens with one attached hydrogen (secondary N) is 2. The minimum atomic E-state index is -4.39. The van der Waals surface area contributed by atoms with Crippen molar-refractivity contribution in [1.82, 2.24) is 5.43 Å². The second kappa shape index (κ2) is 8.10. The number of carbonyl (C=O) groups excluding carboxylic acids is 1. The number of alkyl halides is 3. The van der Waals surface area contributed by atoms with Crippen molar-refractivity contribution in [2.24, 2.45) is 5.10 Å². The Morgan fingerprint density at radius 3 is 2.57 bits per heavy atom. The van der Waals surface area contributed by atoms with Crippen LogP contribution in [0.3, 0.4) is 0 Å². The van der Waals surface area contributed by atoms with Crippen LogP contribution in [0.2, 0.25) is 0 Å². The highest BCUT2D eigenvalue weighted by atomic mass is 19.4. The molecule has 23 heavy (non-hydrogen) atoms. The highest BCUT2D eigenvalue weighted by Gasteiger charge is 2.30. The second-order valence-electron chi connectivity index (χ2n) is 5.76. The van der Waals surface area contributed by atoms with Gasteiger partial charge in [0, 0.05) is 0 Å². The summed E-state index contributed by atoms with van der Waals surface area (Å²) in [6.07, 6.45) is 1.50. The molecule has 0 aliphatic carbocycles. The molecule has 4 nitrogen and oxygen atoms in total. The molecule has 0 atom stereocenters. The molecule has 0 unspecified atom stereocenters. The van der Waals surface area contributed by atoms with Crippen LogP contribution in [0.4, 0.5) is 13.2 Å². The fourth-order valence-corrected chi connectivity index (χ4v) is 2.65. The molecule has 126 valence electrons. The Morgan fingerprint density at radius 1 is 1.22 bits per heavy atom. The largest absolute Gasteiger partial charge is 0.416 e. The highest BCUT2D eigenvalue weighted by molar-refractivity contribution is 5.82. The van der Waals surface area contributed by atoms with Gasteiger partial charge in [0.2, 0.25) is 0 Å². The van der Waals surface area contributed by atoms with Crippen LogP contribution >= 0.6 is 0 Å². The van der Waals surface area contributed by atoms with Gasteiger partial charge in [-0.3, -0.25) is 4.79 Å². The van der Waals surface area contributed by atoms with Gasteiger partial charge in [-0.05, 0) is 43.4 Å². The molecule has 1 saturated heterocycles. The van der Waals surface area contributed by atoms with Gasteiger partial charge in [-0.15, -0.1) is 0 Å². The maximum absolute atomic E-state index is 12.6. The number of benzene rings is 1. The summed E-state index contributed by atoms with van der Waals surface area (Å²) in [4.78, 5) is 13.0. The lowest BCUT2D eigenvalue weighted by Gasteiger charge is -2.15. The van der Waals surface area contributed by atoms with Gasteiger partial charge in [-0.1, -0.05) is 12.1 Å². The highest BCUT2D eigenvalue weighted by Crippen LogP contribution is 2.29. The van der Waals surface area contributed by atoms with Crippen LogP contribution in [0.25, 0.3) is 0 Å². The average molecular weight is 328 g/mol. The van der Waals surface area contributed by atoms with Gasteiger partial charge in [0.15, 0.2) is 6.54 Å². The SMILES string of the molecule is O=C(C[NH+]1CCCCCC1)N/N=C\c1cccc(C(F)(F)F)c1. The summed E-state index contributed by atoms with van der Waals surface area (Å²) in [5.74, 6) is -0.217. The molecular weight excluding hydrogens is 307 g/mol. The van der Waals surface area contributed by atoms with Crippen molar-refractivity contribution < 1.29 is 22.9 Å². The van der Waals surface area contributed by atoms with Crippen molar-refractivity contribution >= 4 is 12.1 Å². The summed E-state index contributed by atoms with van der Waals surface area (Å²) in [7, 11) is 0. The Bertz CT molecular complexity index is 550. The van der Waals surface area contributed by atoms with Gasteiger partial charge in [0.05, 0.1) is 24.9 Å². The van der Waals surface area contributed by atoms with Gasteiger partial charge >= 0.3 is 6.18 Å². The first kappa shape index (κ1) is 17.5. The van der Waals surface area contributed by atoms with Crippen LogP contribution in [0.1, 0.15) is 36.8 Å². The van der Waals surface area contributed by atoms with E-state index in [9.17, 15) is 18.0 Å². The lowest BCUT2D eigenvalue weighted by atomic mass is 10.1. The van der Waals surface area contributed by atoms with Gasteiger partial charge < -0.3 is 4.90 Å². The molecule has 0 bridgehead atoms. The molecule has 0 spiro atoms. The van der Waals surface area contributed by atoms with Crippen molar-refractivity contribution in [2.45, 2.75) is 31.9 Å². The molecule has 1 aliphatic heterocycles. The zero-order valence-electron chi connectivity index (χ0n) is 12.8. The Labute approximate surface area is 133 Å². The first-order valence-corrected chi connectivity index (χ1v) is 7.78. The summed E-state index contributed by atoms with van der Waals surface area (Å²) in [5.41, 5.74) is 1.94. The molecule has 1 heterocycles. The third kappa shape index (κ3) is 6.02. The normalized spacial score (nSPS) is 17.2. The Balaban J connectivity index is 1.85. The molecule has 7 heteroatoms. The van der Waals surface area contributed by atoms with Gasteiger partial charge in [0.1, 0.15) is 0 Å². The fraction of sp³-hybridized carbons (Fsp3) is 0.500. The number of quaternary nitrogens is 1. The number of amides is 1. The van der Waals surface area contributed by atoms with Crippen molar-refractivity contribution in [3.05, 3.63) is 35.4 Å². The fourth-order valence-electron chi connectivity index (χ4n) is 2.65. The molecule has 1 aromatic carbocycles. The predicted molar refractivity (Wildman–Crippen MR) is 81.2 cm³/mol. The standard InChI is InChI=1S/C16H20F3N3O/c17-16(18,19)14-7-5-6-13(10-14)11-20-21-15(23)12-22-8-3-1-2-4-9-22/h5-7,10-11H,1-4,8-9,12H2,(H,21,23)/p+1/b20-11-. The Hall–Kier alpha value is -1.89. The second-order valence-corrected chi connectivity index (χ2v) is 5.76. The van der Waals surface area contributed by atoms with Crippen LogP contribution in [0.15, 0.2) is 29.4 Å². The molecule has 2 rings (SSSR count). The monoisotopic (exact) mass is 328 g/mol. The number of hydrogen-bond acceptors (Lipinski definition) is 2. The van der Waals surface area contributed by atoms with E-state index in [1.807, 2.05) is 0 Å². The quantitative estimate of drug-likeness (QED) is 0.640. The van der Waals surface area contributed by atoms with E-state index >= 15 is 0 Å². The summed E-state index contributed by atoms with van der Waals surface area (Å²) in [6.45, 7) is 2.30. The lowest BCUT2D eigenvalue weighted by Crippen LogP contribution is -3.13. The number of carbonyl (C=O) groups is 1. The van der Waals surface area contributed by atoms with E-state index in [0.29, 0.717) is 12.1 Å². The first-order valence-electron chi connectivity index (χ1n) is 7.78. The average Bonchev–Trinajstić information content (AvgIpc) is 2.75. The number of halogens is 3. The number of nitrogens with zero attached hydrogens (tertiary/aromatic N) is 1. The van der Waals surface area contributed by atoms with Crippen LogP contribution in [-0.4, -0.2) is 31.8 Å². The third-order valence-electron chi connectivity index (χ3n) is 3.84. The van der Waals surface area contributed by atoms with E-state index in [0.717, 1.165) is 38.1 Å². The Kier molecular flexibility index (Phi) is 6.15. The van der Waals surface area contributed by atoms with Crippen LogP contribution in [0, 0.1) is 0 Å². The van der Waals surface area contributed by atoms with Crippen LogP contribution in [-0.2, 0) is 11.0 Å². The Morgan fingerprint density at radius 2 is 1.91 bits per heavy atom. The van der Waals surface area contributed by atoms with E-state index in [2.05, 4.69) is 10.5 Å². The van der Waals surface area contributed by atoms with Crippen molar-refractivity contribution in [3.8, 4) is 0 Å². The van der Waals surface area contributed by atoms with Gasteiger partial charge in [0.25, 0.3) is 5.91 Å². The van der Waals surface area contributed by atoms with E-state index in [1.165, 1.54) is 36.1 Å². The zero-order valence-corrected chi connectivity index (χ0v) is 12.8. The molecule has 1 fully saturated rings. The lowest BCUT2D eigenvalue weighted by molar-refractivity contribution is -0.891. The van der Waals surface area contributed by atoms with Crippen LogP contribution in [0.5, 0.6) is 0 Å². The summed E-state index contributed by atoms with van der Waals surface area (Å²) in [5, 5.41) is 3.75. The maximum Gasteiger partial charge on any atom is 0.416 e. The summed E-state index contributed by atoms with van der Waals surface area (Å²) in [6, 6.07) is 4.81. The summed E-state index contributed by atoms with van der Waals surface area (Å²) >= 11 is 0. The number of likely N-dealkylation sites (tertiary alicyclic amines) is 1. The van der Waals surface area contributed by atoms with Crippen molar-refractivity contribution in [2.75, 3.05) is 19.6 Å². The molecule has 0 aromatic heterocycles. The molecule has 2 N–H and O–H groups in total. The maximum atomic E-state index is 12.6. The molecular formula is C16H21F3N3O+. The number of hydrazone groups is 1. The minimum absolute atomic E-state index is 0.217. The molecule has 1 aliphatic rings. The molecule has 0 radical (unpaired) electrons. The molecule has 1 amide bonds. The number of hydrogen-bond donors (Lipinski definition) is 2. The van der Waals surface area contributed by atoms with E-state index in [4.69, 9.17) is 0 Å². The van der Waals surface area contributed by atoms with E-state index in [-0.39, 0.29) is 5.91 Å². The minimum Gasteiger partial charge on any atom is -0.327 e. The smallest absolute Gasteiger partial charge is 0.327 e. The molecule has 0 saturated carbocycles. The topological polar surface area (TPSA) is 45.9 Å². The van der Waals surface area contributed by atoms with Gasteiger partial charge in [-0.2, -0.15) is 18.3 Å². The zero-order chi connectivity index (χ0) is 16.7. The summed E-state index contributed by atoms with van der Waals surface area (Å²) < 4.78 is 37.8. The van der Waals surface area contributed by atoms with Crippen molar-refractivity contribution in [1.29, 1.82) is 0 Å². The first-order chi connectivity index (χ1) is 10.9. The van der Waals surface area contributed by atoms with E-state index in [1.54, 1.807) is 0 Å².